The molecule has 86 valence electrons. The molecule has 0 unspecified atom stereocenters. The van der Waals surface area contributed by atoms with Crippen molar-refractivity contribution in [2.75, 3.05) is 5.75 Å². The highest BCUT2D eigenvalue weighted by Gasteiger charge is 2.23. The highest BCUT2D eigenvalue weighted by atomic mass is 32.2. The van der Waals surface area contributed by atoms with E-state index in [0.29, 0.717) is 11.3 Å². The summed E-state index contributed by atoms with van der Waals surface area (Å²) in [6.07, 6.45) is 0. The van der Waals surface area contributed by atoms with Crippen molar-refractivity contribution >= 4 is 28.4 Å². The Bertz CT molecular complexity index is 688. The predicted molar refractivity (Wildman–Crippen MR) is 69.8 cm³/mol. The summed E-state index contributed by atoms with van der Waals surface area (Å²) in [6.45, 7) is 2.01. The number of rotatable bonds is 0. The Morgan fingerprint density at radius 1 is 1.24 bits per heavy atom. The fourth-order valence-electron chi connectivity index (χ4n) is 2.24. The number of hydrogen-bond donors (Lipinski definition) is 1. The van der Waals surface area contributed by atoms with Crippen LogP contribution in [0.3, 0.4) is 0 Å². The summed E-state index contributed by atoms with van der Waals surface area (Å²) < 4.78 is 0. The number of ketones is 1. The number of H-pyrrole nitrogens is 1. The van der Waals surface area contributed by atoms with Crippen molar-refractivity contribution in [1.29, 1.82) is 0 Å². The molecule has 1 aromatic heterocycles. The number of benzene rings is 1. The summed E-state index contributed by atoms with van der Waals surface area (Å²) in [4.78, 5) is 26.5. The number of aromatic nitrogens is 1. The van der Waals surface area contributed by atoms with Crippen LogP contribution in [0.5, 0.6) is 0 Å². The van der Waals surface area contributed by atoms with E-state index in [4.69, 9.17) is 0 Å². The van der Waals surface area contributed by atoms with Crippen LogP contribution in [0.25, 0.3) is 10.9 Å². The number of Topliss-reactive ketones (excluding diaryl/α,β-unsaturated/α-hetero) is 1. The molecule has 1 aliphatic rings. The third-order valence-corrected chi connectivity index (χ3v) is 3.99. The van der Waals surface area contributed by atoms with Crippen molar-refractivity contribution in [2.45, 2.75) is 12.7 Å². The Morgan fingerprint density at radius 2 is 2.06 bits per heavy atom. The standard InChI is InChI=1S/C13H11NO2S/c1-7-2-3-10-8(4-7)9-5-17-6-11(15)12(9)13(16)14-10/h2-4H,5-6H2,1H3,(H,14,16). The lowest BCUT2D eigenvalue weighted by Gasteiger charge is -2.16. The molecular weight excluding hydrogens is 234 g/mol. The van der Waals surface area contributed by atoms with Crippen LogP contribution in [0, 0.1) is 6.92 Å². The van der Waals surface area contributed by atoms with Crippen LogP contribution < -0.4 is 5.56 Å². The van der Waals surface area contributed by atoms with Crippen LogP contribution >= 0.6 is 11.8 Å². The van der Waals surface area contributed by atoms with Gasteiger partial charge in [0, 0.05) is 16.7 Å². The summed E-state index contributed by atoms with van der Waals surface area (Å²) in [7, 11) is 0. The molecule has 3 rings (SSSR count). The molecule has 1 aliphatic heterocycles. The number of hydrogen-bond acceptors (Lipinski definition) is 3. The molecule has 0 aliphatic carbocycles. The molecule has 3 nitrogen and oxygen atoms in total. The molecule has 0 fully saturated rings. The number of fused-ring (bicyclic) bond motifs is 3. The van der Waals surface area contributed by atoms with E-state index < -0.39 is 0 Å². The Labute approximate surface area is 102 Å². The maximum Gasteiger partial charge on any atom is 0.259 e. The second-order valence-electron chi connectivity index (χ2n) is 4.27. The maximum atomic E-state index is 11.9. The van der Waals surface area contributed by atoms with Gasteiger partial charge < -0.3 is 4.98 Å². The van der Waals surface area contributed by atoms with Crippen molar-refractivity contribution in [3.8, 4) is 0 Å². The molecule has 17 heavy (non-hydrogen) atoms. The van der Waals surface area contributed by atoms with E-state index >= 15 is 0 Å². The lowest BCUT2D eigenvalue weighted by molar-refractivity contribution is 0.101. The Morgan fingerprint density at radius 3 is 2.88 bits per heavy atom. The van der Waals surface area contributed by atoms with Gasteiger partial charge in [0.25, 0.3) is 5.56 Å². The number of pyridine rings is 1. The number of nitrogens with one attached hydrogen (secondary N) is 1. The van der Waals surface area contributed by atoms with Crippen molar-refractivity contribution in [3.63, 3.8) is 0 Å². The highest BCUT2D eigenvalue weighted by molar-refractivity contribution is 7.99. The van der Waals surface area contributed by atoms with Gasteiger partial charge in [-0.05, 0) is 24.6 Å². The number of aromatic amines is 1. The first-order valence-corrected chi connectivity index (χ1v) is 6.59. The van der Waals surface area contributed by atoms with Gasteiger partial charge in [0.05, 0.1) is 11.3 Å². The average molecular weight is 245 g/mol. The van der Waals surface area contributed by atoms with Crippen molar-refractivity contribution in [2.24, 2.45) is 0 Å². The van der Waals surface area contributed by atoms with Gasteiger partial charge in [0.15, 0.2) is 5.78 Å². The molecular formula is C13H11NO2S. The molecule has 4 heteroatoms. The maximum absolute atomic E-state index is 11.9. The van der Waals surface area contributed by atoms with Crippen LogP contribution in [0.4, 0.5) is 0 Å². The van der Waals surface area contributed by atoms with E-state index in [1.807, 2.05) is 25.1 Å². The monoisotopic (exact) mass is 245 g/mol. The van der Waals surface area contributed by atoms with Crippen LogP contribution in [-0.4, -0.2) is 16.5 Å². The van der Waals surface area contributed by atoms with Crippen molar-refractivity contribution in [1.82, 2.24) is 4.98 Å². The zero-order chi connectivity index (χ0) is 12.0. The van der Waals surface area contributed by atoms with E-state index in [1.54, 1.807) is 11.8 Å². The number of thioether (sulfide) groups is 1. The zero-order valence-corrected chi connectivity index (χ0v) is 10.2. The largest absolute Gasteiger partial charge is 0.321 e. The average Bonchev–Trinajstić information content (AvgIpc) is 2.30. The number of carbonyl (C=O) groups is 1. The van der Waals surface area contributed by atoms with Gasteiger partial charge in [-0.3, -0.25) is 9.59 Å². The van der Waals surface area contributed by atoms with Gasteiger partial charge in [-0.25, -0.2) is 0 Å². The summed E-state index contributed by atoms with van der Waals surface area (Å²) >= 11 is 1.57. The van der Waals surface area contributed by atoms with Crippen LogP contribution in [-0.2, 0) is 5.75 Å². The fourth-order valence-corrected chi connectivity index (χ4v) is 3.17. The van der Waals surface area contributed by atoms with Crippen molar-refractivity contribution in [3.05, 3.63) is 45.2 Å². The van der Waals surface area contributed by atoms with Gasteiger partial charge >= 0.3 is 0 Å². The Kier molecular flexibility index (Phi) is 2.33. The Balaban J connectivity index is 2.47. The van der Waals surface area contributed by atoms with E-state index in [1.165, 1.54) is 0 Å². The first kappa shape index (κ1) is 10.6. The van der Waals surface area contributed by atoms with E-state index in [2.05, 4.69) is 4.98 Å². The van der Waals surface area contributed by atoms with Gasteiger partial charge in [-0.1, -0.05) is 11.6 Å². The lowest BCUT2D eigenvalue weighted by Crippen LogP contribution is -2.25. The second kappa shape index (κ2) is 3.74. The molecule has 0 radical (unpaired) electrons. The SMILES string of the molecule is Cc1ccc2[nH]c(=O)c3c(c2c1)CSCC3=O. The van der Waals surface area contributed by atoms with Gasteiger partial charge in [-0.15, -0.1) is 11.8 Å². The molecule has 0 spiro atoms. The second-order valence-corrected chi connectivity index (χ2v) is 5.26. The molecule has 1 aromatic carbocycles. The minimum absolute atomic E-state index is 0.0547. The number of carbonyl (C=O) groups excluding carboxylic acids is 1. The smallest absolute Gasteiger partial charge is 0.259 e. The van der Waals surface area contributed by atoms with Crippen LogP contribution in [0.1, 0.15) is 21.5 Å². The topological polar surface area (TPSA) is 49.9 Å². The first-order valence-electron chi connectivity index (χ1n) is 5.43. The third-order valence-electron chi connectivity index (χ3n) is 3.04. The molecule has 0 saturated heterocycles. The zero-order valence-electron chi connectivity index (χ0n) is 9.37. The quantitative estimate of drug-likeness (QED) is 0.774. The third kappa shape index (κ3) is 1.60. The Hall–Kier alpha value is -1.55. The van der Waals surface area contributed by atoms with Crippen molar-refractivity contribution < 1.29 is 4.79 Å². The van der Waals surface area contributed by atoms with E-state index in [0.717, 1.165) is 27.8 Å². The molecule has 0 saturated carbocycles. The highest BCUT2D eigenvalue weighted by Crippen LogP contribution is 2.28. The van der Waals surface area contributed by atoms with E-state index in [9.17, 15) is 9.59 Å². The molecule has 2 aromatic rings. The molecule has 1 N–H and O–H groups in total. The normalized spacial score (nSPS) is 15.0. The minimum atomic E-state index is -0.248. The molecule has 0 bridgehead atoms. The predicted octanol–water partition coefficient (Wildman–Crippen LogP) is 2.27. The summed E-state index contributed by atoms with van der Waals surface area (Å²) in [5.41, 5.74) is 2.96. The van der Waals surface area contributed by atoms with Gasteiger partial charge in [-0.2, -0.15) is 0 Å². The van der Waals surface area contributed by atoms with Crippen LogP contribution in [0.15, 0.2) is 23.0 Å². The first-order chi connectivity index (χ1) is 8.16. The molecule has 0 amide bonds. The summed E-state index contributed by atoms with van der Waals surface area (Å²) in [5, 5.41) is 1.00. The summed E-state index contributed by atoms with van der Waals surface area (Å²) in [5.74, 6) is 1.10. The fraction of sp³-hybridized carbons (Fsp3) is 0.231. The van der Waals surface area contributed by atoms with Gasteiger partial charge in [0.1, 0.15) is 0 Å². The summed E-state index contributed by atoms with van der Waals surface area (Å²) in [6, 6.07) is 5.89. The number of aryl methyl sites for hydroxylation is 1. The molecule has 2 heterocycles. The minimum Gasteiger partial charge on any atom is -0.321 e. The van der Waals surface area contributed by atoms with Crippen LogP contribution in [0.2, 0.25) is 0 Å². The van der Waals surface area contributed by atoms with E-state index in [-0.39, 0.29) is 11.3 Å². The van der Waals surface area contributed by atoms with Gasteiger partial charge in [0.2, 0.25) is 0 Å². The lowest BCUT2D eigenvalue weighted by atomic mass is 10.0. The molecule has 0 atom stereocenters.